The minimum atomic E-state index is -3.66. The number of nitrogens with two attached hydrogens (primary N) is 1. The fraction of sp³-hybridized carbons (Fsp3) is 0.231. The fourth-order valence-electron chi connectivity index (χ4n) is 1.80. The third kappa shape index (κ3) is 4.42. The molecule has 0 aliphatic rings. The maximum Gasteiger partial charge on any atom is 0.242 e. The summed E-state index contributed by atoms with van der Waals surface area (Å²) in [6.07, 6.45) is 0.485. The maximum absolute atomic E-state index is 12.1. The molecule has 4 nitrogen and oxygen atoms in total. The largest absolute Gasteiger partial charge is 0.324 e. The molecule has 0 bridgehead atoms. The van der Waals surface area contributed by atoms with Crippen LogP contribution in [-0.2, 0) is 10.0 Å². The zero-order valence-electron chi connectivity index (χ0n) is 10.9. The van der Waals surface area contributed by atoms with E-state index in [4.69, 9.17) is 28.9 Å². The summed E-state index contributed by atoms with van der Waals surface area (Å²) >= 11 is 12.6. The second-order valence-corrected chi connectivity index (χ2v) is 8.41. The molecule has 3 N–H and O–H groups in total. The zero-order valence-corrected chi connectivity index (χ0v) is 14.1. The molecule has 0 aliphatic heterocycles. The minimum Gasteiger partial charge on any atom is -0.324 e. The van der Waals surface area contributed by atoms with E-state index in [1.807, 2.05) is 30.3 Å². The Balaban J connectivity index is 1.95. The van der Waals surface area contributed by atoms with Crippen molar-refractivity contribution in [2.24, 2.45) is 5.73 Å². The summed E-state index contributed by atoms with van der Waals surface area (Å²) in [7, 11) is -3.66. The molecule has 114 valence electrons. The molecular formula is C13H14Cl2N2O2S2. The standard InChI is InChI=1S/C13H14Cl2N2O2S2/c14-12-8-11(13(15)20-12)21(18,19)17-7-6-10(16)9-4-2-1-3-5-9/h1-5,8,10,17H,6-7,16H2. The molecule has 0 spiro atoms. The highest BCUT2D eigenvalue weighted by Crippen LogP contribution is 2.34. The van der Waals surface area contributed by atoms with Gasteiger partial charge < -0.3 is 5.73 Å². The van der Waals surface area contributed by atoms with Crippen LogP contribution in [0.5, 0.6) is 0 Å². The Hall–Kier alpha value is -0.630. The predicted molar refractivity (Wildman–Crippen MR) is 87.5 cm³/mol. The van der Waals surface area contributed by atoms with Crippen molar-refractivity contribution in [3.05, 3.63) is 50.6 Å². The normalized spacial score (nSPS) is 13.3. The van der Waals surface area contributed by atoms with Gasteiger partial charge in [-0.1, -0.05) is 53.5 Å². The van der Waals surface area contributed by atoms with Crippen molar-refractivity contribution in [1.29, 1.82) is 0 Å². The fourth-order valence-corrected chi connectivity index (χ4v) is 5.00. The molecule has 0 fully saturated rings. The Labute approximate surface area is 137 Å². The minimum absolute atomic E-state index is 0.00690. The van der Waals surface area contributed by atoms with Crippen molar-refractivity contribution in [3.8, 4) is 0 Å². The number of halogens is 2. The lowest BCUT2D eigenvalue weighted by atomic mass is 10.1. The Morgan fingerprint density at radius 3 is 2.48 bits per heavy atom. The molecule has 1 atom stereocenters. The average molecular weight is 365 g/mol. The summed E-state index contributed by atoms with van der Waals surface area (Å²) < 4.78 is 27.2. The van der Waals surface area contributed by atoms with Crippen LogP contribution in [0.3, 0.4) is 0 Å². The van der Waals surface area contributed by atoms with E-state index in [1.54, 1.807) is 0 Å². The average Bonchev–Trinajstić information content (AvgIpc) is 2.79. The van der Waals surface area contributed by atoms with Gasteiger partial charge >= 0.3 is 0 Å². The number of hydrogen-bond donors (Lipinski definition) is 2. The van der Waals surface area contributed by atoms with Crippen LogP contribution in [0.4, 0.5) is 0 Å². The quantitative estimate of drug-likeness (QED) is 0.824. The SMILES string of the molecule is NC(CCNS(=O)(=O)c1cc(Cl)sc1Cl)c1ccccc1. The van der Waals surface area contributed by atoms with Gasteiger partial charge in [-0.05, 0) is 18.1 Å². The number of rotatable bonds is 6. The summed E-state index contributed by atoms with van der Waals surface area (Å²) in [4.78, 5) is 0.00690. The molecular weight excluding hydrogens is 351 g/mol. The lowest BCUT2D eigenvalue weighted by Gasteiger charge is -2.12. The van der Waals surface area contributed by atoms with Crippen molar-refractivity contribution >= 4 is 44.6 Å². The van der Waals surface area contributed by atoms with Crippen molar-refractivity contribution in [3.63, 3.8) is 0 Å². The molecule has 0 radical (unpaired) electrons. The van der Waals surface area contributed by atoms with E-state index in [1.165, 1.54) is 6.07 Å². The van der Waals surface area contributed by atoms with Gasteiger partial charge in [0.05, 0.1) is 4.34 Å². The van der Waals surface area contributed by atoms with Gasteiger partial charge in [0.25, 0.3) is 0 Å². The van der Waals surface area contributed by atoms with Crippen molar-refractivity contribution in [1.82, 2.24) is 4.72 Å². The molecule has 21 heavy (non-hydrogen) atoms. The molecule has 0 aliphatic carbocycles. The van der Waals surface area contributed by atoms with Crippen molar-refractivity contribution in [2.75, 3.05) is 6.54 Å². The summed E-state index contributed by atoms with van der Waals surface area (Å²) in [6, 6.07) is 10.6. The van der Waals surface area contributed by atoms with Gasteiger partial charge in [-0.25, -0.2) is 13.1 Å². The maximum atomic E-state index is 12.1. The van der Waals surface area contributed by atoms with Gasteiger partial charge in [-0.2, -0.15) is 0 Å². The molecule has 0 saturated carbocycles. The highest BCUT2D eigenvalue weighted by Gasteiger charge is 2.20. The van der Waals surface area contributed by atoms with E-state index in [9.17, 15) is 8.42 Å². The zero-order chi connectivity index (χ0) is 15.5. The van der Waals surface area contributed by atoms with Gasteiger partial charge in [-0.3, -0.25) is 0 Å². The first kappa shape index (κ1) is 16.7. The smallest absolute Gasteiger partial charge is 0.242 e. The van der Waals surface area contributed by atoms with E-state index in [0.717, 1.165) is 16.9 Å². The van der Waals surface area contributed by atoms with Crippen LogP contribution < -0.4 is 10.5 Å². The number of thiophene rings is 1. The molecule has 1 unspecified atom stereocenters. The summed E-state index contributed by atoms with van der Waals surface area (Å²) in [5, 5.41) is 0. The third-order valence-corrected chi connectivity index (χ3v) is 6.10. The topological polar surface area (TPSA) is 72.2 Å². The van der Waals surface area contributed by atoms with Crippen LogP contribution in [0, 0.1) is 0 Å². The first-order chi connectivity index (χ1) is 9.90. The Kier molecular flexibility index (Phi) is 5.65. The monoisotopic (exact) mass is 364 g/mol. The predicted octanol–water partition coefficient (Wildman–Crippen LogP) is 3.42. The molecule has 8 heteroatoms. The van der Waals surface area contributed by atoms with Crippen molar-refractivity contribution < 1.29 is 8.42 Å². The molecule has 0 saturated heterocycles. The van der Waals surface area contributed by atoms with E-state index < -0.39 is 10.0 Å². The second-order valence-electron chi connectivity index (χ2n) is 4.39. The van der Waals surface area contributed by atoms with E-state index in [-0.39, 0.29) is 21.8 Å². The Bertz CT molecular complexity index is 702. The highest BCUT2D eigenvalue weighted by atomic mass is 35.5. The summed E-state index contributed by atoms with van der Waals surface area (Å²) in [5.74, 6) is 0. The van der Waals surface area contributed by atoms with Gasteiger partial charge in [-0.15, -0.1) is 11.3 Å². The molecule has 2 aromatic rings. The van der Waals surface area contributed by atoms with Crippen LogP contribution in [0.1, 0.15) is 18.0 Å². The number of hydrogen-bond acceptors (Lipinski definition) is 4. The number of benzene rings is 1. The first-order valence-electron chi connectivity index (χ1n) is 6.15. The Morgan fingerprint density at radius 2 is 1.90 bits per heavy atom. The van der Waals surface area contributed by atoms with Gasteiger partial charge in [0, 0.05) is 12.6 Å². The first-order valence-corrected chi connectivity index (χ1v) is 9.21. The third-order valence-electron chi connectivity index (χ3n) is 2.89. The van der Waals surface area contributed by atoms with E-state index >= 15 is 0 Å². The molecule has 0 amide bonds. The molecule has 1 heterocycles. The van der Waals surface area contributed by atoms with Crippen LogP contribution >= 0.6 is 34.5 Å². The van der Waals surface area contributed by atoms with Gasteiger partial charge in [0.1, 0.15) is 9.23 Å². The van der Waals surface area contributed by atoms with E-state index in [0.29, 0.717) is 10.8 Å². The molecule has 1 aromatic carbocycles. The van der Waals surface area contributed by atoms with Crippen LogP contribution in [0.25, 0.3) is 0 Å². The van der Waals surface area contributed by atoms with Crippen molar-refractivity contribution in [2.45, 2.75) is 17.4 Å². The van der Waals surface area contributed by atoms with Crippen LogP contribution in [-0.4, -0.2) is 15.0 Å². The lowest BCUT2D eigenvalue weighted by Crippen LogP contribution is -2.27. The van der Waals surface area contributed by atoms with E-state index in [2.05, 4.69) is 4.72 Å². The number of nitrogens with one attached hydrogen (secondary N) is 1. The molecule has 1 aromatic heterocycles. The van der Waals surface area contributed by atoms with Crippen LogP contribution in [0.2, 0.25) is 8.67 Å². The highest BCUT2D eigenvalue weighted by molar-refractivity contribution is 7.89. The van der Waals surface area contributed by atoms with Gasteiger partial charge in [0.2, 0.25) is 10.0 Å². The van der Waals surface area contributed by atoms with Crippen LogP contribution in [0.15, 0.2) is 41.3 Å². The second kappa shape index (κ2) is 7.09. The summed E-state index contributed by atoms with van der Waals surface area (Å²) in [6.45, 7) is 0.224. The van der Waals surface area contributed by atoms with Gasteiger partial charge in [0.15, 0.2) is 0 Å². The Morgan fingerprint density at radius 1 is 1.24 bits per heavy atom. The molecule has 2 rings (SSSR count). The lowest BCUT2D eigenvalue weighted by molar-refractivity contribution is 0.570. The summed E-state index contributed by atoms with van der Waals surface area (Å²) in [5.41, 5.74) is 6.98. The number of sulfonamides is 1.